The number of aliphatic hydroxyl groups is 1. The molecular weight excluding hydrogens is 342 g/mol. The number of nitrogens with one attached hydrogen (secondary N) is 1. The Hall–Kier alpha value is -1.70. The van der Waals surface area contributed by atoms with E-state index in [0.29, 0.717) is 13.1 Å². The molecule has 7 heteroatoms. The van der Waals surface area contributed by atoms with Crippen molar-refractivity contribution in [3.05, 3.63) is 23.4 Å². The van der Waals surface area contributed by atoms with Crippen LogP contribution in [0.15, 0.2) is 12.1 Å². The molecule has 1 aromatic rings. The molecule has 27 heavy (non-hydrogen) atoms. The van der Waals surface area contributed by atoms with Gasteiger partial charge in [0.05, 0.1) is 13.2 Å². The standard InChI is InChI=1S/C20H31N5O2/c26-13-7-21-19-5-4-16-14-23(8-6-18(16)22-19)15-20(27)25-11-9-24(10-12-25)17-2-1-3-17/h4-5,17,26H,1-3,6-15H2,(H,21,22). The molecule has 1 amide bonds. The van der Waals surface area contributed by atoms with Crippen molar-refractivity contribution in [1.82, 2.24) is 19.7 Å². The van der Waals surface area contributed by atoms with Crippen LogP contribution in [0.5, 0.6) is 0 Å². The van der Waals surface area contributed by atoms with Gasteiger partial charge in [-0.2, -0.15) is 0 Å². The fourth-order valence-corrected chi connectivity index (χ4v) is 4.27. The van der Waals surface area contributed by atoms with Gasteiger partial charge in [-0.1, -0.05) is 12.5 Å². The van der Waals surface area contributed by atoms with Gasteiger partial charge >= 0.3 is 0 Å². The minimum Gasteiger partial charge on any atom is -0.395 e. The first kappa shape index (κ1) is 18.7. The number of pyridine rings is 1. The molecule has 2 N–H and O–H groups in total. The molecule has 148 valence electrons. The van der Waals surface area contributed by atoms with E-state index in [-0.39, 0.29) is 12.5 Å². The van der Waals surface area contributed by atoms with Crippen molar-refractivity contribution in [2.24, 2.45) is 0 Å². The zero-order valence-corrected chi connectivity index (χ0v) is 16.1. The Balaban J connectivity index is 1.26. The molecule has 0 bridgehead atoms. The van der Waals surface area contributed by atoms with Gasteiger partial charge in [-0.15, -0.1) is 0 Å². The summed E-state index contributed by atoms with van der Waals surface area (Å²) in [5, 5.41) is 12.0. The highest BCUT2D eigenvalue weighted by Gasteiger charge is 2.30. The second-order valence-electron chi connectivity index (χ2n) is 7.91. The molecule has 0 radical (unpaired) electrons. The van der Waals surface area contributed by atoms with Crippen molar-refractivity contribution in [2.45, 2.75) is 38.3 Å². The Kier molecular flexibility index (Phi) is 5.90. The summed E-state index contributed by atoms with van der Waals surface area (Å²) in [6.07, 6.45) is 4.92. The molecule has 1 saturated carbocycles. The van der Waals surface area contributed by atoms with Crippen molar-refractivity contribution < 1.29 is 9.90 Å². The van der Waals surface area contributed by atoms with Crippen LogP contribution in [0.1, 0.15) is 30.5 Å². The lowest BCUT2D eigenvalue weighted by molar-refractivity contribution is -0.135. The summed E-state index contributed by atoms with van der Waals surface area (Å²) in [4.78, 5) is 24.2. The molecule has 7 nitrogen and oxygen atoms in total. The van der Waals surface area contributed by atoms with E-state index in [2.05, 4.69) is 26.2 Å². The van der Waals surface area contributed by atoms with E-state index in [0.717, 1.165) is 63.2 Å². The molecule has 0 unspecified atom stereocenters. The van der Waals surface area contributed by atoms with Crippen molar-refractivity contribution in [3.8, 4) is 0 Å². The average molecular weight is 374 g/mol. The van der Waals surface area contributed by atoms with Crippen molar-refractivity contribution in [2.75, 3.05) is 57.7 Å². The summed E-state index contributed by atoms with van der Waals surface area (Å²) in [6.45, 7) is 6.60. The van der Waals surface area contributed by atoms with E-state index in [1.165, 1.54) is 24.8 Å². The second-order valence-corrected chi connectivity index (χ2v) is 7.91. The monoisotopic (exact) mass is 373 g/mol. The van der Waals surface area contributed by atoms with Gasteiger partial charge in [-0.05, 0) is 24.5 Å². The predicted molar refractivity (Wildman–Crippen MR) is 105 cm³/mol. The van der Waals surface area contributed by atoms with Crippen LogP contribution >= 0.6 is 0 Å². The van der Waals surface area contributed by atoms with Crippen molar-refractivity contribution in [3.63, 3.8) is 0 Å². The lowest BCUT2D eigenvalue weighted by atomic mass is 9.91. The van der Waals surface area contributed by atoms with Crippen LogP contribution in [0.25, 0.3) is 0 Å². The summed E-state index contributed by atoms with van der Waals surface area (Å²) in [6, 6.07) is 4.83. The predicted octanol–water partition coefficient (Wildman–Crippen LogP) is 0.541. The maximum absolute atomic E-state index is 12.7. The summed E-state index contributed by atoms with van der Waals surface area (Å²) >= 11 is 0. The number of nitrogens with zero attached hydrogens (tertiary/aromatic N) is 4. The molecule has 4 rings (SSSR count). The molecule has 1 aliphatic carbocycles. The van der Waals surface area contributed by atoms with Crippen molar-refractivity contribution >= 4 is 11.7 Å². The van der Waals surface area contributed by atoms with Gasteiger partial charge in [0.25, 0.3) is 0 Å². The largest absolute Gasteiger partial charge is 0.395 e. The lowest BCUT2D eigenvalue weighted by Gasteiger charge is -2.43. The fourth-order valence-electron chi connectivity index (χ4n) is 4.27. The number of carbonyl (C=O) groups excluding carboxylic acids is 1. The molecular formula is C20H31N5O2. The highest BCUT2D eigenvalue weighted by Crippen LogP contribution is 2.25. The lowest BCUT2D eigenvalue weighted by Crippen LogP contribution is -2.55. The van der Waals surface area contributed by atoms with E-state index in [1.807, 2.05) is 11.0 Å². The smallest absolute Gasteiger partial charge is 0.236 e. The fraction of sp³-hybridized carbons (Fsp3) is 0.700. The number of aromatic nitrogens is 1. The molecule has 0 spiro atoms. The van der Waals surface area contributed by atoms with Gasteiger partial charge in [0, 0.05) is 64.0 Å². The Bertz CT molecular complexity index is 656. The van der Waals surface area contributed by atoms with Crippen LogP contribution in [0.3, 0.4) is 0 Å². The van der Waals surface area contributed by atoms with Crippen molar-refractivity contribution in [1.29, 1.82) is 0 Å². The minimum absolute atomic E-state index is 0.101. The van der Waals surface area contributed by atoms with E-state index in [9.17, 15) is 4.79 Å². The van der Waals surface area contributed by atoms with E-state index >= 15 is 0 Å². The van der Waals surface area contributed by atoms with Gasteiger partial charge in [0.15, 0.2) is 0 Å². The maximum atomic E-state index is 12.7. The molecule has 3 heterocycles. The molecule has 3 aliphatic rings. The first-order chi connectivity index (χ1) is 13.2. The molecule has 2 aliphatic heterocycles. The number of rotatable bonds is 6. The molecule has 0 atom stereocenters. The van der Waals surface area contributed by atoms with Crippen LogP contribution in [0, 0.1) is 0 Å². The van der Waals surface area contributed by atoms with Gasteiger partial charge in [0.2, 0.25) is 5.91 Å². The zero-order chi connectivity index (χ0) is 18.6. The van der Waals surface area contributed by atoms with Crippen LogP contribution in [-0.2, 0) is 17.8 Å². The number of fused-ring (bicyclic) bond motifs is 1. The first-order valence-electron chi connectivity index (χ1n) is 10.3. The Labute approximate surface area is 161 Å². The van der Waals surface area contributed by atoms with Crippen LogP contribution in [0.2, 0.25) is 0 Å². The maximum Gasteiger partial charge on any atom is 0.236 e. The summed E-state index contributed by atoms with van der Waals surface area (Å²) < 4.78 is 0. The summed E-state index contributed by atoms with van der Waals surface area (Å²) in [5.41, 5.74) is 2.31. The molecule has 1 aromatic heterocycles. The Morgan fingerprint density at radius 3 is 2.70 bits per heavy atom. The Morgan fingerprint density at radius 2 is 2.00 bits per heavy atom. The normalized spacial score (nSPS) is 21.6. The number of hydrogen-bond donors (Lipinski definition) is 2. The quantitative estimate of drug-likeness (QED) is 0.758. The van der Waals surface area contributed by atoms with Crippen LogP contribution < -0.4 is 5.32 Å². The number of amides is 1. The highest BCUT2D eigenvalue weighted by atomic mass is 16.3. The van der Waals surface area contributed by atoms with Crippen LogP contribution in [-0.4, -0.2) is 89.2 Å². The number of hydrogen-bond acceptors (Lipinski definition) is 6. The second kappa shape index (κ2) is 8.54. The highest BCUT2D eigenvalue weighted by molar-refractivity contribution is 5.78. The van der Waals surface area contributed by atoms with E-state index in [1.54, 1.807) is 0 Å². The van der Waals surface area contributed by atoms with Crippen LogP contribution in [0.4, 0.5) is 5.82 Å². The van der Waals surface area contributed by atoms with E-state index in [4.69, 9.17) is 5.11 Å². The SMILES string of the molecule is O=C(CN1CCc2nc(NCCO)ccc2C1)N1CCN(C2CCC2)CC1. The number of aliphatic hydroxyl groups excluding tert-OH is 1. The third kappa shape index (κ3) is 4.42. The average Bonchev–Trinajstić information content (AvgIpc) is 2.65. The van der Waals surface area contributed by atoms with Gasteiger partial charge in [0.1, 0.15) is 5.82 Å². The van der Waals surface area contributed by atoms with Gasteiger partial charge in [-0.25, -0.2) is 4.98 Å². The third-order valence-corrected chi connectivity index (χ3v) is 6.16. The number of carbonyl (C=O) groups is 1. The third-order valence-electron chi connectivity index (χ3n) is 6.16. The Morgan fingerprint density at radius 1 is 1.19 bits per heavy atom. The summed E-state index contributed by atoms with van der Waals surface area (Å²) in [7, 11) is 0. The topological polar surface area (TPSA) is 71.9 Å². The summed E-state index contributed by atoms with van der Waals surface area (Å²) in [5.74, 6) is 1.08. The van der Waals surface area contributed by atoms with E-state index < -0.39 is 0 Å². The van der Waals surface area contributed by atoms with Gasteiger partial charge < -0.3 is 15.3 Å². The number of anilines is 1. The zero-order valence-electron chi connectivity index (χ0n) is 16.1. The minimum atomic E-state index is 0.101. The van der Waals surface area contributed by atoms with Gasteiger partial charge in [-0.3, -0.25) is 14.6 Å². The number of piperazine rings is 1. The molecule has 1 saturated heterocycles. The first-order valence-corrected chi connectivity index (χ1v) is 10.3. The molecule has 2 fully saturated rings. The molecule has 0 aromatic carbocycles.